The van der Waals surface area contributed by atoms with E-state index in [1.807, 2.05) is 19.1 Å². The summed E-state index contributed by atoms with van der Waals surface area (Å²) in [6.07, 6.45) is 0. The second-order valence-corrected chi connectivity index (χ2v) is 5.69. The van der Waals surface area contributed by atoms with Gasteiger partial charge in [0.2, 0.25) is 5.91 Å². The first kappa shape index (κ1) is 18.4. The molecule has 0 fully saturated rings. The zero-order valence-electron chi connectivity index (χ0n) is 14.5. The number of rotatable bonds is 6. The first-order valence-electron chi connectivity index (χ1n) is 8.15. The minimum Gasteiger partial charge on any atom is -0.366 e. The molecule has 0 aliphatic carbocycles. The van der Waals surface area contributed by atoms with E-state index in [4.69, 9.17) is 5.73 Å². The monoisotopic (exact) mass is 342 g/mol. The van der Waals surface area contributed by atoms with Crippen LogP contribution in [-0.4, -0.2) is 18.4 Å². The Morgan fingerprint density at radius 1 is 1.12 bits per heavy atom. The van der Waals surface area contributed by atoms with Gasteiger partial charge in [-0.3, -0.25) is 4.79 Å². The number of hydrogen-bond acceptors (Lipinski definition) is 2. The van der Waals surface area contributed by atoms with E-state index in [1.165, 1.54) is 6.07 Å². The van der Waals surface area contributed by atoms with Crippen molar-refractivity contribution in [2.45, 2.75) is 26.9 Å². The second-order valence-electron chi connectivity index (χ2n) is 5.69. The average molecular weight is 342 g/mol. The van der Waals surface area contributed by atoms with Gasteiger partial charge in [0.05, 0.1) is 6.54 Å². The van der Waals surface area contributed by atoms with Gasteiger partial charge < -0.3 is 16.4 Å². The van der Waals surface area contributed by atoms with Crippen LogP contribution in [0.4, 0.5) is 4.39 Å². The highest BCUT2D eigenvalue weighted by Gasteiger charge is 2.03. The van der Waals surface area contributed by atoms with Gasteiger partial charge >= 0.3 is 0 Å². The van der Waals surface area contributed by atoms with Crippen LogP contribution in [-0.2, 0) is 13.1 Å². The number of carbonyl (C=O) groups excluding carboxylic acids is 1. The largest absolute Gasteiger partial charge is 0.366 e. The molecule has 5 nitrogen and oxygen atoms in total. The van der Waals surface area contributed by atoms with Gasteiger partial charge in [-0.05, 0) is 48.7 Å². The highest BCUT2D eigenvalue weighted by molar-refractivity contribution is 5.92. The number of carbonyl (C=O) groups is 1. The zero-order valence-corrected chi connectivity index (χ0v) is 14.5. The fourth-order valence-electron chi connectivity index (χ4n) is 2.29. The molecule has 0 unspecified atom stereocenters. The predicted octanol–water partition coefficient (Wildman–Crippen LogP) is 2.49. The van der Waals surface area contributed by atoms with Crippen molar-refractivity contribution in [3.63, 3.8) is 0 Å². The lowest BCUT2D eigenvalue weighted by Gasteiger charge is -2.12. The summed E-state index contributed by atoms with van der Waals surface area (Å²) < 4.78 is 13.3. The first-order chi connectivity index (χ1) is 12.0. The van der Waals surface area contributed by atoms with Crippen LogP contribution in [0.15, 0.2) is 47.5 Å². The highest BCUT2D eigenvalue weighted by Crippen LogP contribution is 2.10. The maximum atomic E-state index is 13.3. The average Bonchev–Trinajstić information content (AvgIpc) is 2.60. The minimum atomic E-state index is -0.441. The van der Waals surface area contributed by atoms with E-state index in [1.54, 1.807) is 31.2 Å². The van der Waals surface area contributed by atoms with Crippen LogP contribution in [0.1, 0.15) is 34.0 Å². The molecule has 0 aliphatic heterocycles. The maximum absolute atomic E-state index is 13.3. The molecule has 2 aromatic rings. The Balaban J connectivity index is 1.99. The van der Waals surface area contributed by atoms with Gasteiger partial charge in [0.1, 0.15) is 5.82 Å². The van der Waals surface area contributed by atoms with Gasteiger partial charge in [-0.25, -0.2) is 9.38 Å². The lowest BCUT2D eigenvalue weighted by atomic mass is 10.1. The Kier molecular flexibility index (Phi) is 6.51. The number of amides is 1. The molecule has 4 N–H and O–H groups in total. The quantitative estimate of drug-likeness (QED) is 0.557. The van der Waals surface area contributed by atoms with Crippen molar-refractivity contribution in [1.29, 1.82) is 0 Å². The summed E-state index contributed by atoms with van der Waals surface area (Å²) in [5.41, 5.74) is 8.28. The van der Waals surface area contributed by atoms with Crippen molar-refractivity contribution in [3.8, 4) is 0 Å². The summed E-state index contributed by atoms with van der Waals surface area (Å²) >= 11 is 0. The number of nitrogens with zero attached hydrogens (tertiary/aromatic N) is 1. The van der Waals surface area contributed by atoms with Gasteiger partial charge in [0.25, 0.3) is 0 Å². The lowest BCUT2D eigenvalue weighted by Crippen LogP contribution is -2.36. The van der Waals surface area contributed by atoms with Crippen LogP contribution in [0.2, 0.25) is 0 Å². The maximum Gasteiger partial charge on any atom is 0.248 e. The molecule has 0 saturated heterocycles. The van der Waals surface area contributed by atoms with E-state index >= 15 is 0 Å². The number of aryl methyl sites for hydroxylation is 1. The number of hydrogen-bond donors (Lipinski definition) is 3. The van der Waals surface area contributed by atoms with Crippen LogP contribution in [0, 0.1) is 12.7 Å². The molecule has 1 amide bonds. The Labute approximate surface area is 147 Å². The smallest absolute Gasteiger partial charge is 0.248 e. The normalized spacial score (nSPS) is 11.2. The van der Waals surface area contributed by atoms with E-state index in [0.717, 1.165) is 17.7 Å². The van der Waals surface area contributed by atoms with Gasteiger partial charge in [-0.2, -0.15) is 0 Å². The molecular formula is C19H23FN4O. The summed E-state index contributed by atoms with van der Waals surface area (Å²) in [7, 11) is 0. The van der Waals surface area contributed by atoms with Gasteiger partial charge in [0, 0.05) is 18.7 Å². The number of primary amides is 1. The SMILES string of the molecule is CCNC(=NCc1ccc(F)c(C)c1)NCc1ccc(C(N)=O)cc1. The second kappa shape index (κ2) is 8.82. The molecule has 0 aromatic heterocycles. The van der Waals surface area contributed by atoms with E-state index < -0.39 is 5.91 Å². The fraction of sp³-hybridized carbons (Fsp3) is 0.263. The lowest BCUT2D eigenvalue weighted by molar-refractivity contribution is 0.100. The molecule has 2 aromatic carbocycles. The Bertz CT molecular complexity index is 757. The number of nitrogens with one attached hydrogen (secondary N) is 2. The standard InChI is InChI=1S/C19H23FN4O/c1-3-22-19(24-12-15-6-9-17(20)13(2)10-15)23-11-14-4-7-16(8-5-14)18(21)25/h4-10H,3,11-12H2,1-2H3,(H2,21,25)(H2,22,23,24). The third-order valence-corrected chi connectivity index (χ3v) is 3.68. The Hall–Kier alpha value is -2.89. The zero-order chi connectivity index (χ0) is 18.2. The molecule has 0 saturated carbocycles. The van der Waals surface area contributed by atoms with Crippen molar-refractivity contribution in [1.82, 2.24) is 10.6 Å². The van der Waals surface area contributed by atoms with Crippen molar-refractivity contribution >= 4 is 11.9 Å². The van der Waals surface area contributed by atoms with Crippen molar-refractivity contribution in [2.24, 2.45) is 10.7 Å². The van der Waals surface area contributed by atoms with Crippen LogP contribution in [0.3, 0.4) is 0 Å². The summed E-state index contributed by atoms with van der Waals surface area (Å²) in [5, 5.41) is 6.40. The Morgan fingerprint density at radius 3 is 2.40 bits per heavy atom. The first-order valence-corrected chi connectivity index (χ1v) is 8.15. The third-order valence-electron chi connectivity index (χ3n) is 3.68. The molecule has 25 heavy (non-hydrogen) atoms. The van der Waals surface area contributed by atoms with E-state index in [9.17, 15) is 9.18 Å². The molecule has 6 heteroatoms. The third kappa shape index (κ3) is 5.60. The molecule has 132 valence electrons. The topological polar surface area (TPSA) is 79.5 Å². The fourth-order valence-corrected chi connectivity index (χ4v) is 2.29. The number of guanidine groups is 1. The molecule has 0 aliphatic rings. The molecule has 0 bridgehead atoms. The molecule has 0 heterocycles. The van der Waals surface area contributed by atoms with Gasteiger partial charge in [-0.15, -0.1) is 0 Å². The number of aliphatic imine (C=N–C) groups is 1. The molecule has 0 radical (unpaired) electrons. The Morgan fingerprint density at radius 2 is 1.80 bits per heavy atom. The molecular weight excluding hydrogens is 319 g/mol. The predicted molar refractivity (Wildman–Crippen MR) is 97.8 cm³/mol. The molecule has 0 spiro atoms. The summed E-state index contributed by atoms with van der Waals surface area (Å²) in [6, 6.07) is 12.1. The van der Waals surface area contributed by atoms with Crippen molar-refractivity contribution < 1.29 is 9.18 Å². The van der Waals surface area contributed by atoms with Crippen LogP contribution in [0.5, 0.6) is 0 Å². The van der Waals surface area contributed by atoms with Crippen molar-refractivity contribution in [3.05, 3.63) is 70.5 Å². The van der Waals surface area contributed by atoms with Crippen LogP contribution >= 0.6 is 0 Å². The number of benzene rings is 2. The number of halogens is 1. The van der Waals surface area contributed by atoms with Gasteiger partial charge in [0.15, 0.2) is 5.96 Å². The minimum absolute atomic E-state index is 0.211. The van der Waals surface area contributed by atoms with Gasteiger partial charge in [-0.1, -0.05) is 24.3 Å². The summed E-state index contributed by atoms with van der Waals surface area (Å²) in [4.78, 5) is 15.6. The molecule has 0 atom stereocenters. The van der Waals surface area contributed by atoms with Crippen molar-refractivity contribution in [2.75, 3.05) is 6.54 Å². The van der Waals surface area contributed by atoms with E-state index in [0.29, 0.717) is 30.2 Å². The summed E-state index contributed by atoms with van der Waals surface area (Å²) in [6.45, 7) is 5.47. The van der Waals surface area contributed by atoms with E-state index in [2.05, 4.69) is 15.6 Å². The summed E-state index contributed by atoms with van der Waals surface area (Å²) in [5.74, 6) is 0.0182. The molecule has 2 rings (SSSR count). The van der Waals surface area contributed by atoms with E-state index in [-0.39, 0.29) is 5.82 Å². The highest BCUT2D eigenvalue weighted by atomic mass is 19.1. The van der Waals surface area contributed by atoms with Crippen LogP contribution in [0.25, 0.3) is 0 Å². The van der Waals surface area contributed by atoms with Crippen LogP contribution < -0.4 is 16.4 Å². The number of nitrogens with two attached hydrogens (primary N) is 1.